The van der Waals surface area contributed by atoms with E-state index in [0.717, 1.165) is 48.1 Å². The highest BCUT2D eigenvalue weighted by molar-refractivity contribution is 6.09. The molecule has 5 rings (SSSR count). The fraction of sp³-hybridized carbons (Fsp3) is 0.355. The van der Waals surface area contributed by atoms with E-state index in [-0.39, 0.29) is 18.4 Å². The first kappa shape index (κ1) is 25.6. The predicted octanol–water partition coefficient (Wildman–Crippen LogP) is 5.98. The van der Waals surface area contributed by atoms with Crippen LogP contribution in [0.3, 0.4) is 0 Å². The van der Waals surface area contributed by atoms with E-state index in [0.29, 0.717) is 5.75 Å². The number of aryl methyl sites for hydroxylation is 2. The van der Waals surface area contributed by atoms with Crippen LogP contribution in [0.4, 0.5) is 5.69 Å². The number of nitrogens with one attached hydrogen (secondary N) is 1. The number of ether oxygens (including phenoxy) is 1. The van der Waals surface area contributed by atoms with Gasteiger partial charge in [0.2, 0.25) is 5.91 Å². The summed E-state index contributed by atoms with van der Waals surface area (Å²) in [5.41, 5.74) is 11.2. The summed E-state index contributed by atoms with van der Waals surface area (Å²) in [6.45, 7) is 6.06. The molecule has 1 aliphatic heterocycles. The summed E-state index contributed by atoms with van der Waals surface area (Å²) >= 11 is 0. The molecular formula is C31H36N2O3. The lowest BCUT2D eigenvalue weighted by molar-refractivity contribution is -0.132. The van der Waals surface area contributed by atoms with Crippen LogP contribution in [0, 0.1) is 26.7 Å². The SMILES string of the molecule is Cc1ccc2c(c1C)NC(=O)C2(c1ccc(OC(=O)CN)cc1)C1CCCCC1.Cc1ccccc1. The zero-order valence-corrected chi connectivity index (χ0v) is 21.5. The minimum absolute atomic E-state index is 0.0554. The number of hydrogen-bond acceptors (Lipinski definition) is 4. The Labute approximate surface area is 214 Å². The van der Waals surface area contributed by atoms with Crippen LogP contribution in [0.2, 0.25) is 0 Å². The van der Waals surface area contributed by atoms with E-state index in [4.69, 9.17) is 10.5 Å². The fourth-order valence-corrected chi connectivity index (χ4v) is 5.60. The quantitative estimate of drug-likeness (QED) is 0.352. The highest BCUT2D eigenvalue weighted by atomic mass is 16.5. The summed E-state index contributed by atoms with van der Waals surface area (Å²) in [5, 5.41) is 3.21. The molecule has 1 atom stereocenters. The number of amides is 1. The summed E-state index contributed by atoms with van der Waals surface area (Å²) in [6.07, 6.45) is 5.58. The molecule has 0 aromatic heterocycles. The van der Waals surface area contributed by atoms with Crippen LogP contribution in [0.15, 0.2) is 66.7 Å². The van der Waals surface area contributed by atoms with Crippen LogP contribution < -0.4 is 15.8 Å². The van der Waals surface area contributed by atoms with Crippen molar-refractivity contribution in [1.82, 2.24) is 0 Å². The molecule has 36 heavy (non-hydrogen) atoms. The molecule has 0 radical (unpaired) electrons. The Morgan fingerprint density at radius 2 is 1.61 bits per heavy atom. The molecule has 1 unspecified atom stereocenters. The maximum Gasteiger partial charge on any atom is 0.325 e. The Kier molecular flexibility index (Phi) is 7.90. The Bertz CT molecular complexity index is 1210. The molecule has 1 saturated carbocycles. The van der Waals surface area contributed by atoms with E-state index in [1.54, 1.807) is 12.1 Å². The van der Waals surface area contributed by atoms with Gasteiger partial charge < -0.3 is 15.8 Å². The predicted molar refractivity (Wildman–Crippen MR) is 144 cm³/mol. The average molecular weight is 485 g/mol. The molecule has 5 nitrogen and oxygen atoms in total. The van der Waals surface area contributed by atoms with Gasteiger partial charge in [-0.25, -0.2) is 0 Å². The van der Waals surface area contributed by atoms with Crippen LogP contribution in [0.5, 0.6) is 5.75 Å². The van der Waals surface area contributed by atoms with Gasteiger partial charge in [0, 0.05) is 5.69 Å². The lowest BCUT2D eigenvalue weighted by Crippen LogP contribution is -2.43. The molecule has 0 saturated heterocycles. The van der Waals surface area contributed by atoms with Gasteiger partial charge in [-0.15, -0.1) is 0 Å². The van der Waals surface area contributed by atoms with E-state index in [2.05, 4.69) is 50.4 Å². The molecule has 1 heterocycles. The first-order chi connectivity index (χ1) is 17.4. The highest BCUT2D eigenvalue weighted by Gasteiger charge is 2.53. The minimum atomic E-state index is -0.704. The Hall–Kier alpha value is -3.44. The minimum Gasteiger partial charge on any atom is -0.426 e. The molecule has 2 aliphatic rings. The van der Waals surface area contributed by atoms with Crippen LogP contribution in [0.1, 0.15) is 59.9 Å². The summed E-state index contributed by atoms with van der Waals surface area (Å²) in [4.78, 5) is 25.1. The summed E-state index contributed by atoms with van der Waals surface area (Å²) < 4.78 is 5.23. The second-order valence-corrected chi connectivity index (χ2v) is 9.88. The number of carbonyl (C=O) groups is 2. The molecule has 3 aromatic rings. The molecule has 3 aromatic carbocycles. The number of hydrogen-bond donors (Lipinski definition) is 2. The third-order valence-electron chi connectivity index (χ3n) is 7.62. The lowest BCUT2D eigenvalue weighted by Gasteiger charge is -2.39. The zero-order chi connectivity index (χ0) is 25.7. The van der Waals surface area contributed by atoms with Crippen molar-refractivity contribution in [3.63, 3.8) is 0 Å². The first-order valence-corrected chi connectivity index (χ1v) is 12.8. The number of anilines is 1. The summed E-state index contributed by atoms with van der Waals surface area (Å²) in [5.74, 6) is 0.272. The van der Waals surface area contributed by atoms with Gasteiger partial charge in [-0.05, 0) is 73.9 Å². The van der Waals surface area contributed by atoms with Crippen LogP contribution in [-0.4, -0.2) is 18.4 Å². The standard InChI is InChI=1S/C24H28N2O3.C7H8/c1-15-8-13-20-22(16(15)2)26-23(28)24(20,17-6-4-3-5-7-17)18-9-11-19(12-10-18)29-21(27)14-25;1-7-5-3-2-4-6-7/h8-13,17H,3-7,14,25H2,1-2H3,(H,26,28);2-6H,1H3. The lowest BCUT2D eigenvalue weighted by atomic mass is 9.62. The molecule has 5 heteroatoms. The van der Waals surface area contributed by atoms with Crippen molar-refractivity contribution >= 4 is 17.6 Å². The van der Waals surface area contributed by atoms with E-state index in [1.165, 1.54) is 17.5 Å². The van der Waals surface area contributed by atoms with Gasteiger partial charge in [-0.3, -0.25) is 9.59 Å². The fourth-order valence-electron chi connectivity index (χ4n) is 5.60. The van der Waals surface area contributed by atoms with E-state index in [1.807, 2.05) is 30.3 Å². The van der Waals surface area contributed by atoms with Crippen molar-refractivity contribution < 1.29 is 14.3 Å². The second kappa shape index (κ2) is 11.1. The second-order valence-electron chi connectivity index (χ2n) is 9.88. The van der Waals surface area contributed by atoms with E-state index >= 15 is 0 Å². The molecule has 1 fully saturated rings. The Morgan fingerprint density at radius 1 is 0.944 bits per heavy atom. The third kappa shape index (κ3) is 4.93. The number of carbonyl (C=O) groups excluding carboxylic acids is 2. The number of fused-ring (bicyclic) bond motifs is 1. The number of esters is 1. The van der Waals surface area contributed by atoms with E-state index in [9.17, 15) is 9.59 Å². The Balaban J connectivity index is 0.000000375. The first-order valence-electron chi connectivity index (χ1n) is 12.8. The molecule has 0 bridgehead atoms. The van der Waals surface area contributed by atoms with Gasteiger partial charge in [0.15, 0.2) is 0 Å². The number of benzene rings is 3. The van der Waals surface area contributed by atoms with Crippen molar-refractivity contribution in [2.24, 2.45) is 11.7 Å². The molecular weight excluding hydrogens is 448 g/mol. The average Bonchev–Trinajstić information content (AvgIpc) is 3.21. The Morgan fingerprint density at radius 3 is 2.19 bits per heavy atom. The normalized spacial score (nSPS) is 19.1. The largest absolute Gasteiger partial charge is 0.426 e. The van der Waals surface area contributed by atoms with Gasteiger partial charge >= 0.3 is 5.97 Å². The van der Waals surface area contributed by atoms with Gasteiger partial charge in [0.1, 0.15) is 11.2 Å². The summed E-state index contributed by atoms with van der Waals surface area (Å²) in [7, 11) is 0. The maximum atomic E-state index is 13.6. The smallest absolute Gasteiger partial charge is 0.325 e. The topological polar surface area (TPSA) is 81.4 Å². The van der Waals surface area contributed by atoms with E-state index < -0.39 is 11.4 Å². The van der Waals surface area contributed by atoms with Crippen molar-refractivity contribution in [2.75, 3.05) is 11.9 Å². The molecule has 3 N–H and O–H groups in total. The van der Waals surface area contributed by atoms with Crippen LogP contribution in [-0.2, 0) is 15.0 Å². The van der Waals surface area contributed by atoms with Gasteiger partial charge in [-0.2, -0.15) is 0 Å². The van der Waals surface area contributed by atoms with Crippen molar-refractivity contribution in [1.29, 1.82) is 0 Å². The third-order valence-corrected chi connectivity index (χ3v) is 7.62. The van der Waals surface area contributed by atoms with Gasteiger partial charge in [-0.1, -0.05) is 79.4 Å². The monoisotopic (exact) mass is 484 g/mol. The number of nitrogens with two attached hydrogens (primary N) is 1. The van der Waals surface area contributed by atoms with Crippen LogP contribution >= 0.6 is 0 Å². The van der Waals surface area contributed by atoms with Gasteiger partial charge in [0.05, 0.1) is 6.54 Å². The summed E-state index contributed by atoms with van der Waals surface area (Å²) in [6, 6.07) is 21.9. The maximum absolute atomic E-state index is 13.6. The highest BCUT2D eigenvalue weighted by Crippen LogP contribution is 2.53. The zero-order valence-electron chi connectivity index (χ0n) is 21.5. The van der Waals surface area contributed by atoms with Crippen LogP contribution in [0.25, 0.3) is 0 Å². The van der Waals surface area contributed by atoms with Crippen molar-refractivity contribution in [3.05, 3.63) is 94.5 Å². The molecule has 1 aliphatic carbocycles. The molecule has 188 valence electrons. The van der Waals surface area contributed by atoms with Crippen molar-refractivity contribution in [2.45, 2.75) is 58.3 Å². The molecule has 0 spiro atoms. The van der Waals surface area contributed by atoms with Gasteiger partial charge in [0.25, 0.3) is 0 Å². The molecule has 1 amide bonds. The van der Waals surface area contributed by atoms with Crippen molar-refractivity contribution in [3.8, 4) is 5.75 Å². The number of rotatable bonds is 4.